The van der Waals surface area contributed by atoms with Gasteiger partial charge in [0, 0.05) is 18.2 Å². The average Bonchev–Trinajstić information content (AvgIpc) is 3.42. The van der Waals surface area contributed by atoms with Crippen molar-refractivity contribution in [1.29, 1.82) is 0 Å². The standard InChI is InChI=1S/C24H22N2O2S/c1-17-10-11-20(13-18(17)2)22-14-21(25-28-22)16-26(15-19-7-4-3-5-8-19)24(27)23-9-6-12-29-23/h3-14H,15-16H2,1-2H3. The van der Waals surface area contributed by atoms with Gasteiger partial charge in [-0.2, -0.15) is 0 Å². The van der Waals surface area contributed by atoms with E-state index in [4.69, 9.17) is 4.52 Å². The summed E-state index contributed by atoms with van der Waals surface area (Å²) in [6, 6.07) is 21.9. The van der Waals surface area contributed by atoms with Crippen LogP contribution >= 0.6 is 11.3 Å². The number of aromatic nitrogens is 1. The Morgan fingerprint density at radius 3 is 2.52 bits per heavy atom. The van der Waals surface area contributed by atoms with Gasteiger partial charge in [0.2, 0.25) is 0 Å². The number of nitrogens with zero attached hydrogens (tertiary/aromatic N) is 2. The molecule has 29 heavy (non-hydrogen) atoms. The van der Waals surface area contributed by atoms with Gasteiger partial charge < -0.3 is 9.42 Å². The van der Waals surface area contributed by atoms with Crippen LogP contribution in [0.15, 0.2) is 76.6 Å². The Morgan fingerprint density at radius 1 is 0.966 bits per heavy atom. The summed E-state index contributed by atoms with van der Waals surface area (Å²) in [5, 5.41) is 6.14. The van der Waals surface area contributed by atoms with Crippen molar-refractivity contribution in [2.45, 2.75) is 26.9 Å². The molecule has 0 aliphatic heterocycles. The molecule has 0 radical (unpaired) electrons. The fraction of sp³-hybridized carbons (Fsp3) is 0.167. The number of thiophene rings is 1. The number of amides is 1. The van der Waals surface area contributed by atoms with E-state index < -0.39 is 0 Å². The van der Waals surface area contributed by atoms with Crippen LogP contribution in [0.5, 0.6) is 0 Å². The summed E-state index contributed by atoms with van der Waals surface area (Å²) in [7, 11) is 0. The van der Waals surface area contributed by atoms with Gasteiger partial charge in [-0.05, 0) is 48.1 Å². The topological polar surface area (TPSA) is 46.3 Å². The Balaban J connectivity index is 1.58. The lowest BCUT2D eigenvalue weighted by Crippen LogP contribution is -2.29. The lowest BCUT2D eigenvalue weighted by atomic mass is 10.0. The average molecular weight is 403 g/mol. The van der Waals surface area contributed by atoms with Crippen LogP contribution in [0.3, 0.4) is 0 Å². The van der Waals surface area contributed by atoms with Crippen molar-refractivity contribution >= 4 is 17.2 Å². The van der Waals surface area contributed by atoms with Crippen LogP contribution in [0.1, 0.15) is 32.1 Å². The van der Waals surface area contributed by atoms with E-state index in [9.17, 15) is 4.79 Å². The lowest BCUT2D eigenvalue weighted by Gasteiger charge is -2.21. The van der Waals surface area contributed by atoms with Gasteiger partial charge in [-0.1, -0.05) is 53.7 Å². The van der Waals surface area contributed by atoms with Crippen molar-refractivity contribution in [3.05, 3.63) is 99.4 Å². The van der Waals surface area contributed by atoms with E-state index in [2.05, 4.69) is 31.1 Å². The maximum atomic E-state index is 13.1. The first kappa shape index (κ1) is 19.2. The van der Waals surface area contributed by atoms with Gasteiger partial charge >= 0.3 is 0 Å². The summed E-state index contributed by atoms with van der Waals surface area (Å²) in [6.07, 6.45) is 0. The Labute approximate surface area is 174 Å². The highest BCUT2D eigenvalue weighted by Crippen LogP contribution is 2.24. The van der Waals surface area contributed by atoms with E-state index in [0.29, 0.717) is 18.8 Å². The predicted molar refractivity (Wildman–Crippen MR) is 116 cm³/mol. The quantitative estimate of drug-likeness (QED) is 0.406. The van der Waals surface area contributed by atoms with Gasteiger partial charge in [0.25, 0.3) is 5.91 Å². The number of hydrogen-bond donors (Lipinski definition) is 0. The van der Waals surface area contributed by atoms with Crippen LogP contribution in [0.4, 0.5) is 0 Å². The number of aryl methyl sites for hydroxylation is 2. The minimum Gasteiger partial charge on any atom is -0.356 e. The lowest BCUT2D eigenvalue weighted by molar-refractivity contribution is 0.0731. The first-order chi connectivity index (χ1) is 14.1. The molecule has 4 nitrogen and oxygen atoms in total. The zero-order chi connectivity index (χ0) is 20.2. The van der Waals surface area contributed by atoms with Crippen molar-refractivity contribution in [2.24, 2.45) is 0 Å². The van der Waals surface area contributed by atoms with E-state index >= 15 is 0 Å². The van der Waals surface area contributed by atoms with Crippen LogP contribution in [0, 0.1) is 13.8 Å². The van der Waals surface area contributed by atoms with Gasteiger partial charge in [0.05, 0.1) is 11.4 Å². The Bertz CT molecular complexity index is 1100. The summed E-state index contributed by atoms with van der Waals surface area (Å²) in [5.41, 5.74) is 5.25. The van der Waals surface area contributed by atoms with Crippen molar-refractivity contribution in [2.75, 3.05) is 0 Å². The molecule has 4 aromatic rings. The van der Waals surface area contributed by atoms with Gasteiger partial charge in [-0.15, -0.1) is 11.3 Å². The normalized spacial score (nSPS) is 10.8. The minimum atomic E-state index is -0.000386. The van der Waals surface area contributed by atoms with Crippen LogP contribution < -0.4 is 0 Å². The molecular formula is C24H22N2O2S. The molecule has 0 fully saturated rings. The van der Waals surface area contributed by atoms with Crippen LogP contribution in [-0.4, -0.2) is 16.0 Å². The molecule has 0 saturated carbocycles. The summed E-state index contributed by atoms with van der Waals surface area (Å²) in [5.74, 6) is 0.714. The molecule has 2 heterocycles. The van der Waals surface area contributed by atoms with E-state index in [1.165, 1.54) is 22.5 Å². The fourth-order valence-electron chi connectivity index (χ4n) is 3.17. The highest BCUT2D eigenvalue weighted by atomic mass is 32.1. The van der Waals surface area contributed by atoms with E-state index in [1.54, 1.807) is 0 Å². The Kier molecular flexibility index (Phi) is 5.58. The van der Waals surface area contributed by atoms with E-state index in [1.807, 2.05) is 64.9 Å². The van der Waals surface area contributed by atoms with E-state index in [-0.39, 0.29) is 5.91 Å². The maximum absolute atomic E-state index is 13.1. The molecule has 2 aromatic carbocycles. The highest BCUT2D eigenvalue weighted by molar-refractivity contribution is 7.12. The third-order valence-electron chi connectivity index (χ3n) is 4.94. The van der Waals surface area contributed by atoms with Crippen LogP contribution in [0.25, 0.3) is 11.3 Å². The summed E-state index contributed by atoms with van der Waals surface area (Å²) in [6.45, 7) is 5.07. The number of hydrogen-bond acceptors (Lipinski definition) is 4. The van der Waals surface area contributed by atoms with Crippen molar-refractivity contribution in [1.82, 2.24) is 10.1 Å². The molecular weight excluding hydrogens is 380 g/mol. The predicted octanol–water partition coefficient (Wildman–Crippen LogP) is 5.86. The van der Waals surface area contributed by atoms with E-state index in [0.717, 1.165) is 21.7 Å². The van der Waals surface area contributed by atoms with Gasteiger partial charge in [-0.25, -0.2) is 0 Å². The van der Waals surface area contributed by atoms with Crippen LogP contribution in [-0.2, 0) is 13.1 Å². The molecule has 0 N–H and O–H groups in total. The Morgan fingerprint density at radius 2 is 1.79 bits per heavy atom. The second kappa shape index (κ2) is 8.45. The number of carbonyl (C=O) groups is 1. The minimum absolute atomic E-state index is 0.000386. The highest BCUT2D eigenvalue weighted by Gasteiger charge is 2.19. The van der Waals surface area contributed by atoms with Gasteiger partial charge in [-0.3, -0.25) is 4.79 Å². The second-order valence-corrected chi connectivity index (χ2v) is 8.05. The monoisotopic (exact) mass is 402 g/mol. The molecule has 0 bridgehead atoms. The summed E-state index contributed by atoms with van der Waals surface area (Å²) < 4.78 is 5.58. The molecule has 0 aliphatic carbocycles. The largest absolute Gasteiger partial charge is 0.356 e. The molecule has 0 unspecified atom stereocenters. The molecule has 5 heteroatoms. The number of benzene rings is 2. The first-order valence-corrected chi connectivity index (χ1v) is 10.4. The summed E-state index contributed by atoms with van der Waals surface area (Å²) in [4.78, 5) is 15.6. The maximum Gasteiger partial charge on any atom is 0.264 e. The molecule has 2 aromatic heterocycles. The van der Waals surface area contributed by atoms with Gasteiger partial charge in [0.1, 0.15) is 5.69 Å². The Hall–Kier alpha value is -3.18. The molecule has 1 amide bonds. The smallest absolute Gasteiger partial charge is 0.264 e. The molecule has 146 valence electrons. The van der Waals surface area contributed by atoms with Crippen molar-refractivity contribution < 1.29 is 9.32 Å². The second-order valence-electron chi connectivity index (χ2n) is 7.11. The molecule has 0 aliphatic rings. The van der Waals surface area contributed by atoms with Crippen molar-refractivity contribution in [3.63, 3.8) is 0 Å². The third-order valence-corrected chi connectivity index (χ3v) is 5.80. The van der Waals surface area contributed by atoms with Crippen molar-refractivity contribution in [3.8, 4) is 11.3 Å². The SMILES string of the molecule is Cc1ccc(-c2cc(CN(Cc3ccccc3)C(=O)c3cccs3)no2)cc1C. The summed E-state index contributed by atoms with van der Waals surface area (Å²) >= 11 is 1.45. The third kappa shape index (κ3) is 4.46. The van der Waals surface area contributed by atoms with Crippen LogP contribution in [0.2, 0.25) is 0 Å². The molecule has 4 rings (SSSR count). The number of rotatable bonds is 6. The fourth-order valence-corrected chi connectivity index (χ4v) is 3.86. The first-order valence-electron chi connectivity index (χ1n) is 9.50. The molecule has 0 atom stereocenters. The molecule has 0 spiro atoms. The van der Waals surface area contributed by atoms with Gasteiger partial charge in [0.15, 0.2) is 5.76 Å². The molecule has 0 saturated heterocycles. The zero-order valence-electron chi connectivity index (χ0n) is 16.5. The zero-order valence-corrected chi connectivity index (χ0v) is 17.3. The number of carbonyl (C=O) groups excluding carboxylic acids is 1.